The summed E-state index contributed by atoms with van der Waals surface area (Å²) >= 11 is 10.8. The van der Waals surface area contributed by atoms with Crippen LogP contribution >= 0.6 is 47.8 Å². The van der Waals surface area contributed by atoms with Gasteiger partial charge in [0.25, 0.3) is 5.56 Å². The van der Waals surface area contributed by atoms with E-state index in [2.05, 4.69) is 52.9 Å². The molecule has 1 aromatic heterocycles. The summed E-state index contributed by atoms with van der Waals surface area (Å²) in [5.74, 6) is 2.06. The first-order valence-electron chi connectivity index (χ1n) is 12.5. The van der Waals surface area contributed by atoms with Crippen LogP contribution in [0.1, 0.15) is 55.0 Å². The Morgan fingerprint density at radius 1 is 1.03 bits per heavy atom. The van der Waals surface area contributed by atoms with E-state index in [1.807, 2.05) is 48.5 Å². The van der Waals surface area contributed by atoms with Crippen LogP contribution in [0.3, 0.4) is 0 Å². The summed E-state index contributed by atoms with van der Waals surface area (Å²) in [5.41, 5.74) is 2.31. The second kappa shape index (κ2) is 12.1. The quantitative estimate of drug-likeness (QED) is 0.182. The summed E-state index contributed by atoms with van der Waals surface area (Å²) in [6, 6.07) is 17.3. The lowest BCUT2D eigenvalue weighted by Gasteiger charge is -2.22. The van der Waals surface area contributed by atoms with Crippen LogP contribution in [-0.4, -0.2) is 23.0 Å². The number of methoxy groups -OCH3 is 1. The molecule has 9 heteroatoms. The van der Waals surface area contributed by atoms with Crippen molar-refractivity contribution < 1.29 is 9.47 Å². The second-order valence-electron chi connectivity index (χ2n) is 9.22. The Balaban J connectivity index is 1.51. The molecule has 196 valence electrons. The highest BCUT2D eigenvalue weighted by Gasteiger charge is 2.23. The van der Waals surface area contributed by atoms with Crippen LogP contribution in [-0.2, 0) is 6.61 Å². The minimum absolute atomic E-state index is 0.163. The Morgan fingerprint density at radius 3 is 2.50 bits per heavy atom. The minimum atomic E-state index is -0.163. The van der Waals surface area contributed by atoms with Crippen LogP contribution in [0.4, 0.5) is 0 Å². The molecule has 1 aliphatic carbocycles. The van der Waals surface area contributed by atoms with Crippen LogP contribution in [0.2, 0.25) is 0 Å². The minimum Gasteiger partial charge on any atom is -0.493 e. The van der Waals surface area contributed by atoms with Gasteiger partial charge in [-0.15, -0.1) is 0 Å². The molecule has 0 N–H and O–H groups in total. The van der Waals surface area contributed by atoms with E-state index in [9.17, 15) is 4.79 Å². The number of hydrogen-bond donors (Lipinski definition) is 0. The van der Waals surface area contributed by atoms with Gasteiger partial charge in [0.15, 0.2) is 11.5 Å². The molecule has 38 heavy (non-hydrogen) atoms. The molecule has 1 heterocycles. The predicted molar refractivity (Wildman–Crippen MR) is 162 cm³/mol. The molecule has 4 aromatic rings. The number of fused-ring (bicyclic) bond motifs is 1. The zero-order valence-electron chi connectivity index (χ0n) is 20.8. The third-order valence-corrected chi connectivity index (χ3v) is 9.41. The highest BCUT2D eigenvalue weighted by atomic mass is 79.9. The number of para-hydroxylation sites is 1. The topological polar surface area (TPSA) is 65.7 Å². The highest BCUT2D eigenvalue weighted by Crippen LogP contribution is 2.42. The van der Waals surface area contributed by atoms with E-state index in [0.717, 1.165) is 51.6 Å². The molecular weight excluding hydrogens is 678 g/mol. The SMILES string of the molecule is COc1cc(C=Nn2c(C3CCCCC3)nc3ccccc3c2=O)c(Br)c(Br)c1OCc1ccc(Br)cc1. The maximum absolute atomic E-state index is 13.5. The Bertz CT molecular complexity index is 1550. The van der Waals surface area contributed by atoms with Crippen LogP contribution < -0.4 is 15.0 Å². The van der Waals surface area contributed by atoms with Gasteiger partial charge >= 0.3 is 0 Å². The Kier molecular flexibility index (Phi) is 8.65. The van der Waals surface area contributed by atoms with Crippen molar-refractivity contribution in [1.29, 1.82) is 0 Å². The first kappa shape index (κ1) is 27.1. The van der Waals surface area contributed by atoms with Crippen LogP contribution in [0.25, 0.3) is 10.9 Å². The molecule has 0 aliphatic heterocycles. The number of ether oxygens (including phenoxy) is 2. The van der Waals surface area contributed by atoms with Crippen LogP contribution in [0.5, 0.6) is 11.5 Å². The van der Waals surface area contributed by atoms with Crippen molar-refractivity contribution in [3.05, 3.63) is 95.3 Å². The predicted octanol–water partition coefficient (Wildman–Crippen LogP) is 8.20. The average molecular weight is 704 g/mol. The van der Waals surface area contributed by atoms with Gasteiger partial charge in [0.1, 0.15) is 12.4 Å². The number of halogens is 3. The molecule has 6 nitrogen and oxygen atoms in total. The van der Waals surface area contributed by atoms with Crippen molar-refractivity contribution >= 4 is 64.9 Å². The molecule has 3 aromatic carbocycles. The van der Waals surface area contributed by atoms with Crippen molar-refractivity contribution in [1.82, 2.24) is 9.66 Å². The average Bonchev–Trinajstić information content (AvgIpc) is 2.95. The molecule has 1 aliphatic rings. The number of hydrogen-bond acceptors (Lipinski definition) is 5. The third kappa shape index (κ3) is 5.75. The molecule has 1 saturated carbocycles. The number of rotatable bonds is 7. The molecule has 0 spiro atoms. The molecule has 0 unspecified atom stereocenters. The largest absolute Gasteiger partial charge is 0.493 e. The van der Waals surface area contributed by atoms with Gasteiger partial charge in [-0.1, -0.05) is 59.5 Å². The molecule has 1 fully saturated rings. The molecule has 0 atom stereocenters. The van der Waals surface area contributed by atoms with Gasteiger partial charge in [0.2, 0.25) is 0 Å². The molecular formula is C29H26Br3N3O3. The maximum Gasteiger partial charge on any atom is 0.282 e. The number of aromatic nitrogens is 2. The lowest BCUT2D eigenvalue weighted by molar-refractivity contribution is 0.282. The summed E-state index contributed by atoms with van der Waals surface area (Å²) in [4.78, 5) is 18.4. The fourth-order valence-corrected chi connectivity index (χ4v) is 5.92. The van der Waals surface area contributed by atoms with E-state index < -0.39 is 0 Å². The Labute approximate surface area is 246 Å². The van der Waals surface area contributed by atoms with E-state index >= 15 is 0 Å². The standard InChI is InChI=1S/C29H26Br3N3O3/c1-37-24-15-20(25(31)26(32)27(24)38-17-18-11-13-21(30)14-12-18)16-33-35-28(19-7-3-2-4-8-19)34-23-10-6-5-9-22(23)29(35)36/h5-6,9-16,19H,2-4,7-8,17H2,1H3. The van der Waals surface area contributed by atoms with Gasteiger partial charge < -0.3 is 9.47 Å². The van der Waals surface area contributed by atoms with Crippen molar-refractivity contribution in [3.63, 3.8) is 0 Å². The lowest BCUT2D eigenvalue weighted by Crippen LogP contribution is -2.25. The summed E-state index contributed by atoms with van der Waals surface area (Å²) < 4.78 is 15.7. The van der Waals surface area contributed by atoms with Crippen LogP contribution in [0, 0.1) is 0 Å². The molecule has 5 rings (SSSR count). The van der Waals surface area contributed by atoms with Gasteiger partial charge in [-0.25, -0.2) is 4.98 Å². The maximum atomic E-state index is 13.5. The highest BCUT2D eigenvalue weighted by molar-refractivity contribution is 9.13. The Hall–Kier alpha value is -2.49. The zero-order valence-corrected chi connectivity index (χ0v) is 25.6. The summed E-state index contributed by atoms with van der Waals surface area (Å²) in [6.07, 6.45) is 7.17. The second-order valence-corrected chi connectivity index (χ2v) is 11.7. The molecule has 0 amide bonds. The molecule has 0 bridgehead atoms. The molecule has 0 radical (unpaired) electrons. The van der Waals surface area contributed by atoms with E-state index in [4.69, 9.17) is 14.5 Å². The summed E-state index contributed by atoms with van der Waals surface area (Å²) in [6.45, 7) is 0.380. The summed E-state index contributed by atoms with van der Waals surface area (Å²) in [7, 11) is 1.60. The number of benzene rings is 3. The van der Waals surface area contributed by atoms with E-state index in [-0.39, 0.29) is 11.5 Å². The van der Waals surface area contributed by atoms with E-state index in [1.54, 1.807) is 19.4 Å². The fourth-order valence-electron chi connectivity index (χ4n) is 4.72. The van der Waals surface area contributed by atoms with Crippen LogP contribution in [0.15, 0.2) is 77.9 Å². The number of nitrogens with zero attached hydrogens (tertiary/aromatic N) is 3. The Morgan fingerprint density at radius 2 is 1.76 bits per heavy atom. The van der Waals surface area contributed by atoms with Crippen molar-refractivity contribution in [2.24, 2.45) is 5.10 Å². The van der Waals surface area contributed by atoms with Crippen molar-refractivity contribution in [2.75, 3.05) is 7.11 Å². The smallest absolute Gasteiger partial charge is 0.282 e. The third-order valence-electron chi connectivity index (χ3n) is 6.73. The van der Waals surface area contributed by atoms with E-state index in [1.165, 1.54) is 11.1 Å². The lowest BCUT2D eigenvalue weighted by atomic mass is 9.88. The normalized spacial score (nSPS) is 14.3. The van der Waals surface area contributed by atoms with Gasteiger partial charge in [-0.2, -0.15) is 9.78 Å². The molecule has 0 saturated heterocycles. The van der Waals surface area contributed by atoms with Gasteiger partial charge in [0.05, 0.1) is 28.7 Å². The zero-order chi connectivity index (χ0) is 26.6. The van der Waals surface area contributed by atoms with Gasteiger partial charge in [0, 0.05) is 20.4 Å². The van der Waals surface area contributed by atoms with Crippen molar-refractivity contribution in [3.8, 4) is 11.5 Å². The van der Waals surface area contributed by atoms with Gasteiger partial charge in [-0.3, -0.25) is 4.79 Å². The first-order chi connectivity index (χ1) is 18.5. The van der Waals surface area contributed by atoms with E-state index in [0.29, 0.717) is 33.5 Å². The van der Waals surface area contributed by atoms with Gasteiger partial charge in [-0.05, 0) is 80.6 Å². The monoisotopic (exact) mass is 701 g/mol. The first-order valence-corrected chi connectivity index (χ1v) is 14.8. The fraction of sp³-hybridized carbons (Fsp3) is 0.276. The summed E-state index contributed by atoms with van der Waals surface area (Å²) in [5, 5.41) is 5.23. The van der Waals surface area contributed by atoms with Crippen molar-refractivity contribution in [2.45, 2.75) is 44.6 Å².